The fraction of sp³-hybridized carbons (Fsp3) is 0.250. The molecular formula is C20H19N3O4. The molecular weight excluding hydrogens is 346 g/mol. The number of rotatable bonds is 3. The molecule has 3 rings (SSSR count). The second-order valence-electron chi connectivity index (χ2n) is 6.21. The monoisotopic (exact) mass is 365 g/mol. The summed E-state index contributed by atoms with van der Waals surface area (Å²) < 4.78 is 10.5. The summed E-state index contributed by atoms with van der Waals surface area (Å²) in [4.78, 5) is 28.2. The number of aromatic nitrogens is 1. The number of esters is 1. The number of pyridine rings is 1. The molecule has 0 fully saturated rings. The maximum atomic E-state index is 12.8. The number of H-pyrrole nitrogens is 1. The van der Waals surface area contributed by atoms with E-state index in [0.29, 0.717) is 5.52 Å². The molecule has 0 spiro atoms. The number of nitrogens with one attached hydrogen (secondary N) is 1. The van der Waals surface area contributed by atoms with Crippen LogP contribution in [0, 0.1) is 18.3 Å². The molecule has 1 aliphatic heterocycles. The molecule has 1 aliphatic rings. The lowest BCUT2D eigenvalue weighted by molar-refractivity contribution is -0.139. The lowest BCUT2D eigenvalue weighted by Crippen LogP contribution is -2.29. The van der Waals surface area contributed by atoms with Crippen LogP contribution in [0.3, 0.4) is 0 Å². The molecule has 1 aromatic heterocycles. The van der Waals surface area contributed by atoms with E-state index < -0.39 is 17.4 Å². The van der Waals surface area contributed by atoms with Crippen LogP contribution in [0.2, 0.25) is 0 Å². The van der Waals surface area contributed by atoms with Gasteiger partial charge in [-0.15, -0.1) is 0 Å². The third kappa shape index (κ3) is 3.06. The Morgan fingerprint density at radius 2 is 2.15 bits per heavy atom. The van der Waals surface area contributed by atoms with E-state index in [2.05, 4.69) is 4.98 Å². The topological polar surface area (TPSA) is 118 Å². The number of hydrogen-bond acceptors (Lipinski definition) is 6. The normalized spacial score (nSPS) is 16.9. The van der Waals surface area contributed by atoms with Gasteiger partial charge >= 0.3 is 5.97 Å². The zero-order chi connectivity index (χ0) is 19.7. The Hall–Kier alpha value is -3.53. The van der Waals surface area contributed by atoms with Gasteiger partial charge in [0.25, 0.3) is 5.56 Å². The Morgan fingerprint density at radius 3 is 2.81 bits per heavy atom. The first kappa shape index (κ1) is 18.3. The smallest absolute Gasteiger partial charge is 0.338 e. The highest BCUT2D eigenvalue weighted by molar-refractivity contribution is 5.93. The number of aromatic amines is 1. The van der Waals surface area contributed by atoms with Gasteiger partial charge in [0.15, 0.2) is 0 Å². The van der Waals surface area contributed by atoms with Crippen molar-refractivity contribution in [2.75, 3.05) is 6.61 Å². The van der Waals surface area contributed by atoms with Gasteiger partial charge in [-0.3, -0.25) is 4.79 Å². The summed E-state index contributed by atoms with van der Waals surface area (Å²) in [5, 5.41) is 10.4. The Labute approximate surface area is 155 Å². The molecule has 0 radical (unpaired) electrons. The lowest BCUT2D eigenvalue weighted by Gasteiger charge is -2.26. The summed E-state index contributed by atoms with van der Waals surface area (Å²) >= 11 is 0. The van der Waals surface area contributed by atoms with E-state index in [1.807, 2.05) is 31.2 Å². The molecule has 0 unspecified atom stereocenters. The lowest BCUT2D eigenvalue weighted by atomic mass is 9.83. The zero-order valence-electron chi connectivity index (χ0n) is 15.3. The molecule has 0 saturated heterocycles. The molecule has 3 N–H and O–H groups in total. The van der Waals surface area contributed by atoms with Gasteiger partial charge in [-0.25, -0.2) is 4.79 Å². The quantitative estimate of drug-likeness (QED) is 0.807. The third-order valence-corrected chi connectivity index (χ3v) is 4.53. The van der Waals surface area contributed by atoms with Crippen LogP contribution in [0.25, 0.3) is 10.9 Å². The van der Waals surface area contributed by atoms with Crippen LogP contribution >= 0.6 is 0 Å². The van der Waals surface area contributed by atoms with Crippen molar-refractivity contribution in [2.24, 2.45) is 5.73 Å². The fourth-order valence-electron chi connectivity index (χ4n) is 3.28. The van der Waals surface area contributed by atoms with Gasteiger partial charge in [-0.2, -0.15) is 5.26 Å². The molecule has 0 bridgehead atoms. The maximum absolute atomic E-state index is 12.8. The van der Waals surface area contributed by atoms with E-state index in [0.717, 1.165) is 10.9 Å². The molecule has 138 valence electrons. The van der Waals surface area contributed by atoms with Gasteiger partial charge in [-0.05, 0) is 37.8 Å². The van der Waals surface area contributed by atoms with Crippen molar-refractivity contribution in [2.45, 2.75) is 26.7 Å². The van der Waals surface area contributed by atoms with E-state index in [-0.39, 0.29) is 35.0 Å². The van der Waals surface area contributed by atoms with Gasteiger partial charge in [0, 0.05) is 5.56 Å². The van der Waals surface area contributed by atoms with Crippen LogP contribution < -0.4 is 11.3 Å². The average molecular weight is 365 g/mol. The highest BCUT2D eigenvalue weighted by atomic mass is 16.5. The number of ether oxygens (including phenoxy) is 2. The second kappa shape index (κ2) is 7.00. The van der Waals surface area contributed by atoms with Crippen molar-refractivity contribution >= 4 is 16.9 Å². The molecule has 1 atom stereocenters. The van der Waals surface area contributed by atoms with Crippen molar-refractivity contribution in [3.05, 3.63) is 68.5 Å². The van der Waals surface area contributed by atoms with Crippen molar-refractivity contribution in [3.63, 3.8) is 0 Å². The molecule has 1 aromatic carbocycles. The number of hydrogen-bond donors (Lipinski definition) is 2. The summed E-state index contributed by atoms with van der Waals surface area (Å²) in [5.74, 6) is -1.53. The van der Waals surface area contributed by atoms with Crippen LogP contribution in [0.5, 0.6) is 0 Å². The predicted molar refractivity (Wildman–Crippen MR) is 99.3 cm³/mol. The van der Waals surface area contributed by atoms with E-state index in [1.54, 1.807) is 19.9 Å². The highest BCUT2D eigenvalue weighted by Crippen LogP contribution is 2.38. The summed E-state index contributed by atoms with van der Waals surface area (Å²) in [6.07, 6.45) is 0. The number of aryl methyl sites for hydroxylation is 1. The SMILES string of the molecule is CCOC(=O)C1=C(C)OC(N)=C(C#N)[C@H]1c1cc2cccc(C)c2[nH]c1=O. The zero-order valence-corrected chi connectivity index (χ0v) is 15.3. The molecule has 0 aliphatic carbocycles. The number of para-hydroxylation sites is 1. The van der Waals surface area contributed by atoms with Crippen molar-refractivity contribution in [1.82, 2.24) is 4.98 Å². The van der Waals surface area contributed by atoms with Crippen molar-refractivity contribution in [1.29, 1.82) is 5.26 Å². The first-order valence-electron chi connectivity index (χ1n) is 8.47. The van der Waals surface area contributed by atoms with Crippen LogP contribution in [0.1, 0.15) is 30.9 Å². The van der Waals surface area contributed by atoms with E-state index in [1.165, 1.54) is 0 Å². The van der Waals surface area contributed by atoms with Gasteiger partial charge in [-0.1, -0.05) is 18.2 Å². The standard InChI is InChI=1S/C20H19N3O4/c1-4-26-20(25)15-11(3)27-18(22)14(9-21)16(15)13-8-12-7-5-6-10(2)17(12)23-19(13)24/h5-8,16H,4,22H2,1-3H3,(H,23,24)/t16-/m1/s1. The largest absolute Gasteiger partial charge is 0.463 e. The minimum Gasteiger partial charge on any atom is -0.463 e. The number of nitriles is 1. The molecule has 7 heteroatoms. The molecule has 27 heavy (non-hydrogen) atoms. The van der Waals surface area contributed by atoms with E-state index >= 15 is 0 Å². The number of nitrogens with zero attached hydrogens (tertiary/aromatic N) is 1. The predicted octanol–water partition coefficient (Wildman–Crippen LogP) is 2.48. The summed E-state index contributed by atoms with van der Waals surface area (Å²) in [6, 6.07) is 9.25. The number of allylic oxidation sites excluding steroid dienone is 2. The van der Waals surface area contributed by atoms with E-state index in [9.17, 15) is 14.9 Å². The van der Waals surface area contributed by atoms with Gasteiger partial charge in [0.1, 0.15) is 17.4 Å². The summed E-state index contributed by atoms with van der Waals surface area (Å²) in [5.41, 5.74) is 7.41. The third-order valence-electron chi connectivity index (χ3n) is 4.53. The van der Waals surface area contributed by atoms with Crippen LogP contribution in [-0.2, 0) is 14.3 Å². The number of carbonyl (C=O) groups is 1. The number of benzene rings is 1. The second-order valence-corrected chi connectivity index (χ2v) is 6.21. The van der Waals surface area contributed by atoms with Gasteiger partial charge in [0.05, 0.1) is 23.6 Å². The minimum absolute atomic E-state index is 0.00107. The maximum Gasteiger partial charge on any atom is 0.338 e. The molecule has 7 nitrogen and oxygen atoms in total. The Kier molecular flexibility index (Phi) is 4.74. The minimum atomic E-state index is -0.962. The Balaban J connectivity index is 2.30. The van der Waals surface area contributed by atoms with Crippen LogP contribution in [0.15, 0.2) is 51.8 Å². The average Bonchev–Trinajstić information content (AvgIpc) is 2.61. The van der Waals surface area contributed by atoms with Crippen molar-refractivity contribution in [3.8, 4) is 6.07 Å². The summed E-state index contributed by atoms with van der Waals surface area (Å²) in [7, 11) is 0. The number of fused-ring (bicyclic) bond motifs is 1. The number of carbonyl (C=O) groups excluding carboxylic acids is 1. The van der Waals surface area contributed by atoms with Crippen LogP contribution in [-0.4, -0.2) is 17.6 Å². The molecule has 0 amide bonds. The molecule has 2 aromatic rings. The highest BCUT2D eigenvalue weighted by Gasteiger charge is 2.37. The van der Waals surface area contributed by atoms with Crippen molar-refractivity contribution < 1.29 is 14.3 Å². The fourth-order valence-corrected chi connectivity index (χ4v) is 3.28. The summed E-state index contributed by atoms with van der Waals surface area (Å²) in [6.45, 7) is 5.27. The Morgan fingerprint density at radius 1 is 1.41 bits per heavy atom. The van der Waals surface area contributed by atoms with E-state index in [4.69, 9.17) is 15.2 Å². The van der Waals surface area contributed by atoms with Gasteiger partial charge in [0.2, 0.25) is 5.88 Å². The molecule has 0 saturated carbocycles. The van der Waals surface area contributed by atoms with Crippen LogP contribution in [0.4, 0.5) is 0 Å². The Bertz CT molecular complexity index is 1100. The van der Waals surface area contributed by atoms with Gasteiger partial charge < -0.3 is 20.2 Å². The molecule has 2 heterocycles. The first-order chi connectivity index (χ1) is 12.9. The first-order valence-corrected chi connectivity index (χ1v) is 8.47. The number of nitrogens with two attached hydrogens (primary N) is 1.